The Morgan fingerprint density at radius 3 is 2.77 bits per heavy atom. The SMILES string of the molecule is COc1cccc2c1C(=O)/C(=C(/CO)[C@@H]1OC(=O)C[C@@H]1C)O2. The molecular formula is C16H16O6. The largest absolute Gasteiger partial charge is 0.496 e. The summed E-state index contributed by atoms with van der Waals surface area (Å²) in [5, 5.41) is 9.66. The van der Waals surface area contributed by atoms with Crippen LogP contribution >= 0.6 is 0 Å². The van der Waals surface area contributed by atoms with Gasteiger partial charge in [-0.1, -0.05) is 13.0 Å². The smallest absolute Gasteiger partial charge is 0.306 e. The fourth-order valence-electron chi connectivity index (χ4n) is 2.85. The van der Waals surface area contributed by atoms with Gasteiger partial charge in [-0.15, -0.1) is 0 Å². The first-order valence-electron chi connectivity index (χ1n) is 6.99. The van der Waals surface area contributed by atoms with Gasteiger partial charge in [-0.25, -0.2) is 0 Å². The van der Waals surface area contributed by atoms with Gasteiger partial charge in [-0.2, -0.15) is 0 Å². The van der Waals surface area contributed by atoms with Crippen molar-refractivity contribution in [1.82, 2.24) is 0 Å². The van der Waals surface area contributed by atoms with E-state index >= 15 is 0 Å². The van der Waals surface area contributed by atoms with Gasteiger partial charge in [0.1, 0.15) is 23.2 Å². The van der Waals surface area contributed by atoms with Crippen LogP contribution in [-0.4, -0.2) is 36.7 Å². The maximum Gasteiger partial charge on any atom is 0.306 e. The zero-order valence-corrected chi connectivity index (χ0v) is 12.3. The van der Waals surface area contributed by atoms with E-state index in [1.54, 1.807) is 18.2 Å². The molecule has 0 aromatic heterocycles. The fourth-order valence-corrected chi connectivity index (χ4v) is 2.85. The average Bonchev–Trinajstić information content (AvgIpc) is 3.01. The Hall–Kier alpha value is -2.34. The van der Waals surface area contributed by atoms with Gasteiger partial charge in [0.2, 0.25) is 5.78 Å². The molecular weight excluding hydrogens is 288 g/mol. The summed E-state index contributed by atoms with van der Waals surface area (Å²) in [6.45, 7) is 1.42. The number of rotatable bonds is 3. The number of aliphatic hydroxyl groups is 1. The second-order valence-corrected chi connectivity index (χ2v) is 5.37. The molecule has 0 aliphatic carbocycles. The molecule has 2 aliphatic heterocycles. The number of allylic oxidation sites excluding steroid dienone is 1. The highest BCUT2D eigenvalue weighted by atomic mass is 16.6. The third kappa shape index (κ3) is 2.16. The Balaban J connectivity index is 2.05. The van der Waals surface area contributed by atoms with Gasteiger partial charge in [0.25, 0.3) is 0 Å². The number of ether oxygens (including phenoxy) is 3. The monoisotopic (exact) mass is 304 g/mol. The summed E-state index contributed by atoms with van der Waals surface area (Å²) < 4.78 is 16.0. The van der Waals surface area contributed by atoms with Crippen molar-refractivity contribution in [2.75, 3.05) is 13.7 Å². The van der Waals surface area contributed by atoms with Gasteiger partial charge >= 0.3 is 5.97 Å². The van der Waals surface area contributed by atoms with Crippen LogP contribution in [0.1, 0.15) is 23.7 Å². The van der Waals surface area contributed by atoms with Crippen LogP contribution in [0.25, 0.3) is 0 Å². The van der Waals surface area contributed by atoms with Crippen molar-refractivity contribution in [3.8, 4) is 11.5 Å². The van der Waals surface area contributed by atoms with Crippen molar-refractivity contribution < 1.29 is 28.9 Å². The second kappa shape index (κ2) is 5.46. The summed E-state index contributed by atoms with van der Waals surface area (Å²) in [5.41, 5.74) is 0.615. The lowest BCUT2D eigenvalue weighted by Crippen LogP contribution is -2.23. The van der Waals surface area contributed by atoms with Crippen molar-refractivity contribution in [1.29, 1.82) is 0 Å². The molecule has 0 spiro atoms. The van der Waals surface area contributed by atoms with Crippen molar-refractivity contribution in [2.24, 2.45) is 5.92 Å². The highest BCUT2D eigenvalue weighted by molar-refractivity contribution is 6.14. The van der Waals surface area contributed by atoms with E-state index in [-0.39, 0.29) is 29.9 Å². The van der Waals surface area contributed by atoms with Crippen molar-refractivity contribution in [2.45, 2.75) is 19.4 Å². The lowest BCUT2D eigenvalue weighted by atomic mass is 9.95. The molecule has 6 nitrogen and oxygen atoms in total. The van der Waals surface area contributed by atoms with Crippen molar-refractivity contribution in [3.05, 3.63) is 35.1 Å². The van der Waals surface area contributed by atoms with Crippen LogP contribution < -0.4 is 9.47 Å². The van der Waals surface area contributed by atoms with Gasteiger partial charge in [-0.05, 0) is 12.1 Å². The standard InChI is InChI=1S/C16H16O6/c1-8-6-12(18)22-15(8)9(7-17)16-14(19)13-10(20-2)4-3-5-11(13)21-16/h3-5,8,15,17H,6-7H2,1-2H3/b16-9+/t8-,15+/m0/s1. The van der Waals surface area contributed by atoms with Crippen LogP contribution in [-0.2, 0) is 9.53 Å². The number of ketones is 1. The number of carbonyl (C=O) groups excluding carboxylic acids is 2. The first-order chi connectivity index (χ1) is 10.6. The minimum absolute atomic E-state index is 0.0218. The van der Waals surface area contributed by atoms with Gasteiger partial charge in [0, 0.05) is 11.5 Å². The predicted molar refractivity (Wildman–Crippen MR) is 75.7 cm³/mol. The van der Waals surface area contributed by atoms with E-state index in [0.717, 1.165) is 0 Å². The highest BCUT2D eigenvalue weighted by Crippen LogP contribution is 2.40. The minimum atomic E-state index is -0.642. The molecule has 2 heterocycles. The summed E-state index contributed by atoms with van der Waals surface area (Å²) >= 11 is 0. The van der Waals surface area contributed by atoms with E-state index < -0.39 is 12.7 Å². The zero-order valence-electron chi connectivity index (χ0n) is 12.3. The van der Waals surface area contributed by atoms with E-state index in [1.165, 1.54) is 7.11 Å². The number of fused-ring (bicyclic) bond motifs is 1. The Labute approximate surface area is 127 Å². The molecule has 0 unspecified atom stereocenters. The van der Waals surface area contributed by atoms with E-state index in [4.69, 9.17) is 14.2 Å². The van der Waals surface area contributed by atoms with Crippen LogP contribution in [0.5, 0.6) is 11.5 Å². The second-order valence-electron chi connectivity index (χ2n) is 5.37. The summed E-state index contributed by atoms with van der Waals surface area (Å²) in [6, 6.07) is 5.03. The van der Waals surface area contributed by atoms with Crippen molar-refractivity contribution >= 4 is 11.8 Å². The lowest BCUT2D eigenvalue weighted by Gasteiger charge is -2.17. The molecule has 116 valence electrons. The number of hydrogen-bond donors (Lipinski definition) is 1. The van der Waals surface area contributed by atoms with E-state index in [0.29, 0.717) is 22.6 Å². The molecule has 2 aliphatic rings. The normalized spacial score (nSPS) is 25.6. The molecule has 2 atom stereocenters. The number of Topliss-reactive ketones (excluding diaryl/α,β-unsaturated/α-hetero) is 1. The van der Waals surface area contributed by atoms with Crippen LogP contribution in [0, 0.1) is 5.92 Å². The highest BCUT2D eigenvalue weighted by Gasteiger charge is 2.40. The number of esters is 1. The molecule has 1 saturated heterocycles. The predicted octanol–water partition coefficient (Wildman–Crippen LogP) is 1.47. The van der Waals surface area contributed by atoms with Crippen LogP contribution in [0.2, 0.25) is 0 Å². The Bertz CT molecular complexity index is 675. The molecule has 1 aromatic carbocycles. The molecule has 22 heavy (non-hydrogen) atoms. The number of aliphatic hydroxyl groups excluding tert-OH is 1. The third-order valence-corrected chi connectivity index (χ3v) is 3.92. The summed E-state index contributed by atoms with van der Waals surface area (Å²) in [5.74, 6) is -0.0255. The Morgan fingerprint density at radius 2 is 2.18 bits per heavy atom. The van der Waals surface area contributed by atoms with E-state index in [9.17, 15) is 14.7 Å². The number of carbonyl (C=O) groups is 2. The quantitative estimate of drug-likeness (QED) is 0.672. The first-order valence-corrected chi connectivity index (χ1v) is 6.99. The minimum Gasteiger partial charge on any atom is -0.496 e. The fraction of sp³-hybridized carbons (Fsp3) is 0.375. The number of cyclic esters (lactones) is 1. The van der Waals surface area contributed by atoms with Crippen LogP contribution in [0.4, 0.5) is 0 Å². The lowest BCUT2D eigenvalue weighted by molar-refractivity contribution is -0.140. The van der Waals surface area contributed by atoms with Crippen LogP contribution in [0.3, 0.4) is 0 Å². The number of hydrogen-bond acceptors (Lipinski definition) is 6. The summed E-state index contributed by atoms with van der Waals surface area (Å²) in [4.78, 5) is 24.0. The first kappa shape index (κ1) is 14.6. The molecule has 1 N–H and O–H groups in total. The maximum atomic E-state index is 12.6. The zero-order chi connectivity index (χ0) is 15.9. The van der Waals surface area contributed by atoms with Gasteiger partial charge in [0.15, 0.2) is 5.76 Å². The molecule has 0 bridgehead atoms. The van der Waals surface area contributed by atoms with E-state index in [1.807, 2.05) is 6.92 Å². The molecule has 1 fully saturated rings. The van der Waals surface area contributed by atoms with Crippen molar-refractivity contribution in [3.63, 3.8) is 0 Å². The van der Waals surface area contributed by atoms with Gasteiger partial charge in [-0.3, -0.25) is 9.59 Å². The van der Waals surface area contributed by atoms with Gasteiger partial charge < -0.3 is 19.3 Å². The Kier molecular flexibility index (Phi) is 3.62. The molecule has 0 saturated carbocycles. The maximum absolute atomic E-state index is 12.6. The molecule has 3 rings (SSSR count). The summed E-state index contributed by atoms with van der Waals surface area (Å²) in [6.07, 6.45) is -0.386. The third-order valence-electron chi connectivity index (χ3n) is 3.92. The molecule has 6 heteroatoms. The van der Waals surface area contributed by atoms with E-state index in [2.05, 4.69) is 0 Å². The van der Waals surface area contributed by atoms with Crippen LogP contribution in [0.15, 0.2) is 29.5 Å². The summed E-state index contributed by atoms with van der Waals surface area (Å²) in [7, 11) is 1.47. The van der Waals surface area contributed by atoms with Gasteiger partial charge in [0.05, 0.1) is 20.1 Å². The molecule has 0 radical (unpaired) electrons. The number of benzene rings is 1. The average molecular weight is 304 g/mol. The molecule has 1 aromatic rings. The number of methoxy groups -OCH3 is 1. The topological polar surface area (TPSA) is 82.1 Å². The molecule has 0 amide bonds. The Morgan fingerprint density at radius 1 is 1.41 bits per heavy atom.